The van der Waals surface area contributed by atoms with Gasteiger partial charge in [0.15, 0.2) is 0 Å². The van der Waals surface area contributed by atoms with E-state index in [1.807, 2.05) is 0 Å². The average molecular weight is 270 g/mol. The van der Waals surface area contributed by atoms with E-state index in [0.717, 1.165) is 24.9 Å². The Morgan fingerprint density at radius 1 is 1.37 bits per heavy atom. The fourth-order valence-corrected chi connectivity index (χ4v) is 3.09. The third kappa shape index (κ3) is 4.46. The summed E-state index contributed by atoms with van der Waals surface area (Å²) in [5.41, 5.74) is 5.17. The SMILES string of the molecule is COC(=O)C(C)(N)CC(C)N1CCC(C(C)C)CC1. The van der Waals surface area contributed by atoms with Gasteiger partial charge >= 0.3 is 5.97 Å². The zero-order chi connectivity index (χ0) is 14.6. The Morgan fingerprint density at radius 2 is 1.89 bits per heavy atom. The molecule has 1 aliphatic rings. The van der Waals surface area contributed by atoms with Crippen molar-refractivity contribution in [3.05, 3.63) is 0 Å². The summed E-state index contributed by atoms with van der Waals surface area (Å²) in [5.74, 6) is 1.29. The van der Waals surface area contributed by atoms with Gasteiger partial charge in [-0.1, -0.05) is 13.8 Å². The Morgan fingerprint density at radius 3 is 2.32 bits per heavy atom. The molecule has 112 valence electrons. The second kappa shape index (κ2) is 6.71. The van der Waals surface area contributed by atoms with Crippen molar-refractivity contribution >= 4 is 5.97 Å². The number of piperidine rings is 1. The van der Waals surface area contributed by atoms with Crippen molar-refractivity contribution in [2.45, 2.75) is 58.5 Å². The molecule has 0 aromatic heterocycles. The van der Waals surface area contributed by atoms with Gasteiger partial charge in [0.2, 0.25) is 0 Å². The molecule has 4 nitrogen and oxygen atoms in total. The number of nitrogens with two attached hydrogens (primary N) is 1. The van der Waals surface area contributed by atoms with Gasteiger partial charge in [0.25, 0.3) is 0 Å². The highest BCUT2D eigenvalue weighted by Gasteiger charge is 2.34. The Balaban J connectivity index is 2.47. The Bertz CT molecular complexity index is 295. The van der Waals surface area contributed by atoms with Gasteiger partial charge in [-0.25, -0.2) is 0 Å². The fraction of sp³-hybridized carbons (Fsp3) is 0.933. The van der Waals surface area contributed by atoms with E-state index in [-0.39, 0.29) is 5.97 Å². The van der Waals surface area contributed by atoms with Crippen molar-refractivity contribution in [1.29, 1.82) is 0 Å². The molecular formula is C15H30N2O2. The van der Waals surface area contributed by atoms with Crippen LogP contribution < -0.4 is 5.73 Å². The summed E-state index contributed by atoms with van der Waals surface area (Å²) in [7, 11) is 1.40. The lowest BCUT2D eigenvalue weighted by Crippen LogP contribution is -2.52. The van der Waals surface area contributed by atoms with Gasteiger partial charge in [0.1, 0.15) is 5.54 Å². The number of methoxy groups -OCH3 is 1. The summed E-state index contributed by atoms with van der Waals surface area (Å²) in [4.78, 5) is 14.1. The lowest BCUT2D eigenvalue weighted by Gasteiger charge is -2.39. The Kier molecular flexibility index (Phi) is 5.81. The van der Waals surface area contributed by atoms with Crippen molar-refractivity contribution in [3.8, 4) is 0 Å². The molecule has 0 aromatic rings. The van der Waals surface area contributed by atoms with Crippen molar-refractivity contribution in [2.24, 2.45) is 17.6 Å². The van der Waals surface area contributed by atoms with Gasteiger partial charge in [0, 0.05) is 6.04 Å². The van der Waals surface area contributed by atoms with Crippen LogP contribution in [0.25, 0.3) is 0 Å². The molecule has 4 heteroatoms. The second-order valence-corrected chi connectivity index (χ2v) is 6.58. The minimum absolute atomic E-state index is 0.321. The van der Waals surface area contributed by atoms with Gasteiger partial charge in [-0.15, -0.1) is 0 Å². The molecule has 2 atom stereocenters. The first-order valence-corrected chi connectivity index (χ1v) is 7.39. The first-order valence-electron chi connectivity index (χ1n) is 7.39. The van der Waals surface area contributed by atoms with E-state index < -0.39 is 5.54 Å². The second-order valence-electron chi connectivity index (χ2n) is 6.58. The normalized spacial score (nSPS) is 23.1. The lowest BCUT2D eigenvalue weighted by molar-refractivity contribution is -0.147. The quantitative estimate of drug-likeness (QED) is 0.777. The topological polar surface area (TPSA) is 55.6 Å². The number of hydrogen-bond acceptors (Lipinski definition) is 4. The standard InChI is InChI=1S/C15H30N2O2/c1-11(2)13-6-8-17(9-7-13)12(3)10-15(4,16)14(18)19-5/h11-13H,6-10,16H2,1-5H3. The molecule has 1 rings (SSSR count). The van der Waals surface area contributed by atoms with Crippen LogP contribution in [0.1, 0.15) is 47.0 Å². The number of nitrogens with zero attached hydrogens (tertiary/aromatic N) is 1. The Hall–Kier alpha value is -0.610. The zero-order valence-corrected chi connectivity index (χ0v) is 13.1. The molecule has 0 radical (unpaired) electrons. The summed E-state index contributed by atoms with van der Waals surface area (Å²) in [6.45, 7) is 10.7. The predicted molar refractivity (Wildman–Crippen MR) is 77.8 cm³/mol. The van der Waals surface area contributed by atoms with Crippen LogP contribution in [0, 0.1) is 11.8 Å². The summed E-state index contributed by atoms with van der Waals surface area (Å²) in [6.07, 6.45) is 3.15. The van der Waals surface area contributed by atoms with Gasteiger partial charge in [-0.2, -0.15) is 0 Å². The summed E-state index contributed by atoms with van der Waals surface area (Å²) >= 11 is 0. The maximum atomic E-state index is 11.6. The van der Waals surface area contributed by atoms with E-state index >= 15 is 0 Å². The predicted octanol–water partition coefficient (Wildman–Crippen LogP) is 2.02. The van der Waals surface area contributed by atoms with E-state index in [9.17, 15) is 4.79 Å². The minimum Gasteiger partial charge on any atom is -0.468 e. The number of carbonyl (C=O) groups is 1. The maximum absolute atomic E-state index is 11.6. The van der Waals surface area contributed by atoms with Crippen LogP contribution in [-0.2, 0) is 9.53 Å². The monoisotopic (exact) mass is 270 g/mol. The maximum Gasteiger partial charge on any atom is 0.325 e. The van der Waals surface area contributed by atoms with Crippen LogP contribution in [0.3, 0.4) is 0 Å². The first-order chi connectivity index (χ1) is 8.77. The third-order valence-corrected chi connectivity index (χ3v) is 4.51. The largest absolute Gasteiger partial charge is 0.468 e. The molecule has 0 amide bonds. The number of ether oxygens (including phenoxy) is 1. The van der Waals surface area contributed by atoms with Crippen LogP contribution in [-0.4, -0.2) is 42.6 Å². The molecule has 1 saturated heterocycles. The highest BCUT2D eigenvalue weighted by Crippen LogP contribution is 2.27. The molecule has 0 aromatic carbocycles. The number of hydrogen-bond donors (Lipinski definition) is 1. The molecule has 2 unspecified atom stereocenters. The molecule has 0 bridgehead atoms. The number of esters is 1. The van der Waals surface area contributed by atoms with E-state index in [2.05, 4.69) is 25.7 Å². The summed E-state index contributed by atoms with van der Waals surface area (Å²) in [6, 6.07) is 0.321. The molecule has 19 heavy (non-hydrogen) atoms. The van der Waals surface area contributed by atoms with Crippen LogP contribution in [0.5, 0.6) is 0 Å². The van der Waals surface area contributed by atoms with E-state index in [1.165, 1.54) is 20.0 Å². The van der Waals surface area contributed by atoms with Gasteiger partial charge < -0.3 is 15.4 Å². The van der Waals surface area contributed by atoms with E-state index in [4.69, 9.17) is 10.5 Å². The molecule has 1 fully saturated rings. The average Bonchev–Trinajstić information content (AvgIpc) is 2.37. The van der Waals surface area contributed by atoms with Crippen LogP contribution in [0.15, 0.2) is 0 Å². The van der Waals surface area contributed by atoms with Crippen LogP contribution in [0.4, 0.5) is 0 Å². The molecule has 1 aliphatic heterocycles. The fourth-order valence-electron chi connectivity index (χ4n) is 3.09. The smallest absolute Gasteiger partial charge is 0.325 e. The molecular weight excluding hydrogens is 240 g/mol. The molecule has 1 heterocycles. The van der Waals surface area contributed by atoms with E-state index in [0.29, 0.717) is 12.5 Å². The first kappa shape index (κ1) is 16.4. The van der Waals surface area contributed by atoms with Crippen molar-refractivity contribution in [3.63, 3.8) is 0 Å². The number of rotatable bonds is 5. The zero-order valence-electron chi connectivity index (χ0n) is 13.1. The summed E-state index contributed by atoms with van der Waals surface area (Å²) < 4.78 is 4.77. The Labute approximate surface area is 117 Å². The third-order valence-electron chi connectivity index (χ3n) is 4.51. The molecule has 0 spiro atoms. The lowest BCUT2D eigenvalue weighted by atomic mass is 9.85. The van der Waals surface area contributed by atoms with Gasteiger partial charge in [0.05, 0.1) is 7.11 Å². The van der Waals surface area contributed by atoms with E-state index in [1.54, 1.807) is 6.92 Å². The highest BCUT2D eigenvalue weighted by molar-refractivity contribution is 5.79. The van der Waals surface area contributed by atoms with Gasteiger partial charge in [-0.05, 0) is 58.0 Å². The number of carbonyl (C=O) groups excluding carboxylic acids is 1. The summed E-state index contributed by atoms with van der Waals surface area (Å²) in [5, 5.41) is 0. The molecule has 0 aliphatic carbocycles. The van der Waals surface area contributed by atoms with Crippen molar-refractivity contribution in [1.82, 2.24) is 4.90 Å². The van der Waals surface area contributed by atoms with Crippen molar-refractivity contribution in [2.75, 3.05) is 20.2 Å². The van der Waals surface area contributed by atoms with Crippen LogP contribution >= 0.6 is 0 Å². The van der Waals surface area contributed by atoms with Crippen LogP contribution in [0.2, 0.25) is 0 Å². The van der Waals surface area contributed by atoms with Gasteiger partial charge in [-0.3, -0.25) is 4.79 Å². The minimum atomic E-state index is -0.886. The highest BCUT2D eigenvalue weighted by atomic mass is 16.5. The number of likely N-dealkylation sites (tertiary alicyclic amines) is 1. The molecule has 2 N–H and O–H groups in total. The van der Waals surface area contributed by atoms with Crippen molar-refractivity contribution < 1.29 is 9.53 Å². The molecule has 0 saturated carbocycles.